The fourth-order valence-corrected chi connectivity index (χ4v) is 6.42. The van der Waals surface area contributed by atoms with Gasteiger partial charge in [-0.15, -0.1) is 0 Å². The largest absolute Gasteiger partial charge is 0.491 e. The molecule has 2 heterocycles. The van der Waals surface area contributed by atoms with Gasteiger partial charge >= 0.3 is 0 Å². The number of oxazole rings is 1. The third kappa shape index (κ3) is 7.64. The molecule has 1 saturated heterocycles. The molecule has 4 nitrogen and oxygen atoms in total. The number of benzene rings is 4. The first-order valence-corrected chi connectivity index (χ1v) is 17.4. The monoisotopic (exact) mass is 591 g/mol. The first kappa shape index (κ1) is 30.6. The molecule has 0 saturated carbocycles. The Hall–Kier alpha value is -3.37. The highest BCUT2D eigenvalue weighted by Gasteiger charge is 2.23. The number of aryl methyl sites for hydroxylation is 2. The Bertz CT molecular complexity index is 1550. The minimum atomic E-state index is 0.242. The summed E-state index contributed by atoms with van der Waals surface area (Å²) in [5.74, 6) is 1.49. The van der Waals surface area contributed by atoms with E-state index in [4.69, 9.17) is 18.9 Å². The van der Waals surface area contributed by atoms with E-state index < -0.39 is 0 Å². The summed E-state index contributed by atoms with van der Waals surface area (Å²) in [6.07, 6.45) is 18.3. The van der Waals surface area contributed by atoms with E-state index in [9.17, 15) is 0 Å². The van der Waals surface area contributed by atoms with Crippen molar-refractivity contribution in [1.29, 1.82) is 0 Å². The average molecular weight is 592 g/mol. The third-order valence-electron chi connectivity index (χ3n) is 9.16. The van der Waals surface area contributed by atoms with Crippen LogP contribution in [-0.2, 0) is 17.6 Å². The molecule has 1 aromatic heterocycles. The topological polar surface area (TPSA) is 47.8 Å². The second-order valence-electron chi connectivity index (χ2n) is 12.8. The summed E-state index contributed by atoms with van der Waals surface area (Å²) in [5.41, 5.74) is 5.62. The number of rotatable bonds is 18. The lowest BCUT2D eigenvalue weighted by atomic mass is 9.94. The van der Waals surface area contributed by atoms with E-state index in [0.29, 0.717) is 12.5 Å². The predicted molar refractivity (Wildman–Crippen MR) is 184 cm³/mol. The van der Waals surface area contributed by atoms with E-state index >= 15 is 0 Å². The van der Waals surface area contributed by atoms with Crippen molar-refractivity contribution in [3.8, 4) is 17.2 Å². The highest BCUT2D eigenvalue weighted by molar-refractivity contribution is 6.23. The minimum Gasteiger partial charge on any atom is -0.491 e. The van der Waals surface area contributed by atoms with E-state index in [2.05, 4.69) is 50.2 Å². The average Bonchev–Trinajstić information content (AvgIpc) is 3.79. The number of fused-ring (bicyclic) bond motifs is 6. The molecular weight excluding hydrogens is 542 g/mol. The van der Waals surface area contributed by atoms with Gasteiger partial charge in [0.1, 0.15) is 24.0 Å². The van der Waals surface area contributed by atoms with Crippen molar-refractivity contribution in [3.63, 3.8) is 0 Å². The zero-order valence-electron chi connectivity index (χ0n) is 26.8. The van der Waals surface area contributed by atoms with Crippen LogP contribution >= 0.6 is 0 Å². The van der Waals surface area contributed by atoms with E-state index in [1.54, 1.807) is 0 Å². The van der Waals surface area contributed by atoms with Crippen LogP contribution in [0.5, 0.6) is 5.75 Å². The van der Waals surface area contributed by atoms with Crippen molar-refractivity contribution in [2.24, 2.45) is 0 Å². The highest BCUT2D eigenvalue weighted by Crippen LogP contribution is 2.38. The van der Waals surface area contributed by atoms with Gasteiger partial charge in [-0.2, -0.15) is 0 Å². The molecular formula is C40H49NO3. The Balaban J connectivity index is 1.30. The van der Waals surface area contributed by atoms with Crippen molar-refractivity contribution < 1.29 is 13.9 Å². The summed E-state index contributed by atoms with van der Waals surface area (Å²) in [7, 11) is 0. The summed E-state index contributed by atoms with van der Waals surface area (Å²) in [6.45, 7) is 5.96. The zero-order valence-corrected chi connectivity index (χ0v) is 26.8. The van der Waals surface area contributed by atoms with Gasteiger partial charge in [0.05, 0.1) is 6.61 Å². The Morgan fingerprint density at radius 1 is 0.659 bits per heavy atom. The van der Waals surface area contributed by atoms with Gasteiger partial charge in [-0.05, 0) is 71.8 Å². The second-order valence-corrected chi connectivity index (χ2v) is 12.8. The number of epoxide rings is 1. The van der Waals surface area contributed by atoms with Crippen LogP contribution in [0.3, 0.4) is 0 Å². The molecule has 0 N–H and O–H groups in total. The standard InChI is InChI=1S/C40H49NO3/c1-3-5-7-9-11-13-15-29-17-23-34-36(25-29)37-26-30(16-14-12-10-8-6-4-2)18-24-35(37)39-38(34)41-40(44-39)31-19-21-32(22-20-31)42-27-33-28-43-33/h17-26,33H,3-16,27-28H2,1-2H3. The first-order valence-electron chi connectivity index (χ1n) is 17.4. The summed E-state index contributed by atoms with van der Waals surface area (Å²) < 4.78 is 17.7. The third-order valence-corrected chi connectivity index (χ3v) is 9.16. The fourth-order valence-electron chi connectivity index (χ4n) is 6.42. The van der Waals surface area contributed by atoms with Crippen molar-refractivity contribution in [3.05, 3.63) is 71.8 Å². The van der Waals surface area contributed by atoms with Crippen LogP contribution in [0.25, 0.3) is 44.1 Å². The Labute approximate surface area is 263 Å². The maximum Gasteiger partial charge on any atom is 0.227 e. The molecule has 0 bridgehead atoms. The molecule has 1 aliphatic heterocycles. The van der Waals surface area contributed by atoms with E-state index in [-0.39, 0.29) is 6.10 Å². The van der Waals surface area contributed by atoms with Crippen LogP contribution in [0.1, 0.15) is 102 Å². The molecule has 5 aromatic rings. The van der Waals surface area contributed by atoms with Crippen molar-refractivity contribution in [2.75, 3.05) is 13.2 Å². The molecule has 4 aromatic carbocycles. The van der Waals surface area contributed by atoms with Gasteiger partial charge in [0.2, 0.25) is 5.89 Å². The number of hydrogen-bond acceptors (Lipinski definition) is 4. The molecule has 1 atom stereocenters. The zero-order chi connectivity index (χ0) is 30.1. The number of unbranched alkanes of at least 4 members (excludes halogenated alkanes) is 10. The lowest BCUT2D eigenvalue weighted by Crippen LogP contribution is -2.03. The van der Waals surface area contributed by atoms with Gasteiger partial charge in [-0.3, -0.25) is 0 Å². The molecule has 232 valence electrons. The fraction of sp³-hybridized carbons (Fsp3) is 0.475. The number of ether oxygens (including phenoxy) is 2. The molecule has 1 aliphatic rings. The summed E-state index contributed by atoms with van der Waals surface area (Å²) >= 11 is 0. The van der Waals surface area contributed by atoms with Crippen molar-refractivity contribution in [2.45, 2.75) is 110 Å². The van der Waals surface area contributed by atoms with Gasteiger partial charge < -0.3 is 13.9 Å². The van der Waals surface area contributed by atoms with Crippen molar-refractivity contribution >= 4 is 32.6 Å². The summed E-state index contributed by atoms with van der Waals surface area (Å²) in [4.78, 5) is 5.09. The van der Waals surface area contributed by atoms with Crippen LogP contribution in [0.4, 0.5) is 0 Å². The Kier molecular flexibility index (Phi) is 10.5. The highest BCUT2D eigenvalue weighted by atomic mass is 16.6. The number of aromatic nitrogens is 1. The Morgan fingerprint density at radius 2 is 1.23 bits per heavy atom. The minimum absolute atomic E-state index is 0.242. The molecule has 6 rings (SSSR count). The molecule has 4 heteroatoms. The second kappa shape index (κ2) is 15.1. The molecule has 0 radical (unpaired) electrons. The van der Waals surface area contributed by atoms with Crippen LogP contribution in [0.15, 0.2) is 65.1 Å². The van der Waals surface area contributed by atoms with Crippen LogP contribution in [0.2, 0.25) is 0 Å². The molecule has 0 spiro atoms. The van der Waals surface area contributed by atoms with Gasteiger partial charge in [-0.1, -0.05) is 114 Å². The molecule has 1 unspecified atom stereocenters. The van der Waals surface area contributed by atoms with E-state index in [1.165, 1.54) is 104 Å². The lowest BCUT2D eigenvalue weighted by molar-refractivity contribution is 0.263. The lowest BCUT2D eigenvalue weighted by Gasteiger charge is -2.10. The summed E-state index contributed by atoms with van der Waals surface area (Å²) in [6, 6.07) is 22.1. The van der Waals surface area contributed by atoms with Gasteiger partial charge in [-0.25, -0.2) is 4.98 Å². The molecule has 0 amide bonds. The van der Waals surface area contributed by atoms with Crippen molar-refractivity contribution in [1.82, 2.24) is 4.98 Å². The van der Waals surface area contributed by atoms with E-state index in [0.717, 1.165) is 47.2 Å². The summed E-state index contributed by atoms with van der Waals surface area (Å²) in [5, 5.41) is 4.91. The SMILES string of the molecule is CCCCCCCCc1ccc2c(c1)c1cc(CCCCCCCC)ccc1c1oc(-c3ccc(OCC4CO4)cc3)nc21. The molecule has 1 fully saturated rings. The number of nitrogens with zero attached hydrogens (tertiary/aromatic N) is 1. The molecule has 0 aliphatic carbocycles. The normalized spacial score (nSPS) is 14.6. The predicted octanol–water partition coefficient (Wildman–Crippen LogP) is 11.4. The Morgan fingerprint density at radius 3 is 1.84 bits per heavy atom. The quantitative estimate of drug-likeness (QED) is 0.0578. The first-order chi connectivity index (χ1) is 21.7. The maximum atomic E-state index is 6.57. The van der Waals surface area contributed by atoms with Gasteiger partial charge in [0, 0.05) is 16.3 Å². The van der Waals surface area contributed by atoms with Crippen LogP contribution in [0, 0.1) is 0 Å². The van der Waals surface area contributed by atoms with Crippen LogP contribution in [-0.4, -0.2) is 24.3 Å². The van der Waals surface area contributed by atoms with E-state index in [1.807, 2.05) is 24.3 Å². The van der Waals surface area contributed by atoms with Crippen LogP contribution < -0.4 is 4.74 Å². The maximum absolute atomic E-state index is 6.57. The van der Waals surface area contributed by atoms with Gasteiger partial charge in [0.25, 0.3) is 0 Å². The smallest absolute Gasteiger partial charge is 0.227 e. The van der Waals surface area contributed by atoms with Gasteiger partial charge in [0.15, 0.2) is 5.58 Å². The number of hydrogen-bond donors (Lipinski definition) is 0. The molecule has 44 heavy (non-hydrogen) atoms.